The van der Waals surface area contributed by atoms with Crippen molar-refractivity contribution in [3.63, 3.8) is 0 Å². The summed E-state index contributed by atoms with van der Waals surface area (Å²) in [6.45, 7) is 24.4. The Kier molecular flexibility index (Phi) is 72.6. The Morgan fingerprint density at radius 1 is 0.148 bits per heavy atom. The maximum atomic E-state index is 6.27. The summed E-state index contributed by atoms with van der Waals surface area (Å²) in [6.07, 6.45) is 0. The van der Waals surface area contributed by atoms with E-state index in [1.54, 1.807) is 21.3 Å². The molecule has 0 radical (unpaired) electrons. The fourth-order valence-electron chi connectivity index (χ4n) is 5.89. The molecule has 0 aromatic rings. The van der Waals surface area contributed by atoms with Gasteiger partial charge in [0, 0.05) is 27.4 Å². The third kappa shape index (κ3) is 68.1. The summed E-state index contributed by atoms with van der Waals surface area (Å²) in [4.78, 5) is 0. The second-order valence-electron chi connectivity index (χ2n) is 16.4. The van der Waals surface area contributed by atoms with Crippen LogP contribution in [0.3, 0.4) is 0 Å². The molecule has 0 heterocycles. The van der Waals surface area contributed by atoms with Crippen LogP contribution in [0.2, 0.25) is 6.04 Å². The van der Waals surface area contributed by atoms with Crippen molar-refractivity contribution in [3.8, 4) is 0 Å². The molecule has 0 fully saturated rings. The van der Waals surface area contributed by atoms with E-state index in [1.807, 2.05) is 6.92 Å². The van der Waals surface area contributed by atoms with Crippen molar-refractivity contribution in [2.45, 2.75) is 13.0 Å². The first-order valence-corrected chi connectivity index (χ1v) is 30.7. The van der Waals surface area contributed by atoms with Gasteiger partial charge in [0.15, 0.2) is 0 Å². The van der Waals surface area contributed by atoms with E-state index in [2.05, 4.69) is 0 Å². The Hall–Kier alpha value is -0.863. The van der Waals surface area contributed by atoms with Crippen molar-refractivity contribution in [2.75, 3.05) is 338 Å². The van der Waals surface area contributed by atoms with Crippen LogP contribution in [0, 0.1) is 0 Å². The SMILES string of the molecule is CC[Si](OCCOCCOCCOCCOCCOCCOCCOCCOC)(OCCOCCOCCOCCOCCOCCOCCOCCOC)OCCOCCOCCOCCOCCOCCOCCOCCOC. The molecule has 0 spiro atoms. The Morgan fingerprint density at radius 3 is 0.346 bits per heavy atom. The highest BCUT2D eigenvalue weighted by atomic mass is 28.4. The molecule has 0 aromatic carbocycles. The zero-order valence-electron chi connectivity index (χ0n) is 50.2. The molecule has 27 nitrogen and oxygen atoms in total. The average Bonchev–Trinajstić information content (AvgIpc) is 3.48. The van der Waals surface area contributed by atoms with Gasteiger partial charge in [-0.3, -0.25) is 0 Å². The van der Waals surface area contributed by atoms with Gasteiger partial charge >= 0.3 is 8.80 Å². The number of hydrogen-bond donors (Lipinski definition) is 0. The normalized spacial score (nSPS) is 12.0. The second kappa shape index (κ2) is 73.4. The van der Waals surface area contributed by atoms with Gasteiger partial charge in [0.25, 0.3) is 0 Å². The fourth-order valence-corrected chi connectivity index (χ4v) is 7.94. The van der Waals surface area contributed by atoms with Crippen LogP contribution in [0.25, 0.3) is 0 Å². The van der Waals surface area contributed by atoms with Crippen molar-refractivity contribution in [1.29, 1.82) is 0 Å². The van der Waals surface area contributed by atoms with Crippen LogP contribution >= 0.6 is 0 Å². The summed E-state index contributed by atoms with van der Waals surface area (Å²) >= 11 is 0. The summed E-state index contributed by atoms with van der Waals surface area (Å²) < 4.78 is 150. The van der Waals surface area contributed by atoms with Crippen LogP contribution in [0.4, 0.5) is 0 Å². The van der Waals surface area contributed by atoms with Crippen LogP contribution in [0.1, 0.15) is 6.92 Å². The summed E-state index contributed by atoms with van der Waals surface area (Å²) in [5, 5.41) is 0. The first-order chi connectivity index (χ1) is 40.2. The van der Waals surface area contributed by atoms with Crippen molar-refractivity contribution in [1.82, 2.24) is 0 Å². The van der Waals surface area contributed by atoms with E-state index < -0.39 is 8.80 Å². The third-order valence-electron chi connectivity index (χ3n) is 10.1. The zero-order chi connectivity index (χ0) is 58.2. The molecule has 0 N–H and O–H groups in total. The number of methoxy groups -OCH3 is 3. The minimum atomic E-state index is -3.09. The predicted molar refractivity (Wildman–Crippen MR) is 297 cm³/mol. The summed E-state index contributed by atoms with van der Waals surface area (Å²) in [7, 11) is 1.83. The molecule has 0 rings (SSSR count). The highest BCUT2D eigenvalue weighted by Gasteiger charge is 2.39. The lowest BCUT2D eigenvalue weighted by Gasteiger charge is -2.28. The molecule has 0 saturated heterocycles. The quantitative estimate of drug-likeness (QED) is 0.0615. The first-order valence-electron chi connectivity index (χ1n) is 28.8. The minimum absolute atomic E-state index is 0.286. The van der Waals surface area contributed by atoms with Crippen molar-refractivity contribution < 1.29 is 127 Å². The van der Waals surface area contributed by atoms with Gasteiger partial charge in [-0.2, -0.15) is 0 Å². The van der Waals surface area contributed by atoms with E-state index in [0.29, 0.717) is 303 Å². The summed E-state index contributed by atoms with van der Waals surface area (Å²) in [5.74, 6) is 0. The van der Waals surface area contributed by atoms with Crippen molar-refractivity contribution in [2.24, 2.45) is 0 Å². The molecular weight excluding hydrogens is 1100 g/mol. The molecule has 0 aromatic heterocycles. The molecule has 0 saturated carbocycles. The Bertz CT molecular complexity index is 996. The van der Waals surface area contributed by atoms with Gasteiger partial charge in [0.05, 0.1) is 317 Å². The van der Waals surface area contributed by atoms with Gasteiger partial charge < -0.3 is 127 Å². The van der Waals surface area contributed by atoms with Crippen LogP contribution in [-0.2, 0) is 127 Å². The Balaban J connectivity index is 4.17. The van der Waals surface area contributed by atoms with Gasteiger partial charge in [-0.25, -0.2) is 0 Å². The van der Waals surface area contributed by atoms with Crippen molar-refractivity contribution in [3.05, 3.63) is 0 Å². The molecule has 0 unspecified atom stereocenters. The molecule has 0 bridgehead atoms. The molecular formula is C53H110O27Si. The largest absolute Gasteiger partial charge is 0.500 e. The molecule has 28 heteroatoms. The lowest BCUT2D eigenvalue weighted by molar-refractivity contribution is -0.0306. The minimum Gasteiger partial charge on any atom is -0.382 e. The maximum Gasteiger partial charge on any atom is 0.500 e. The zero-order valence-corrected chi connectivity index (χ0v) is 51.2. The van der Waals surface area contributed by atoms with Crippen molar-refractivity contribution >= 4 is 8.80 Å². The van der Waals surface area contributed by atoms with Crippen LogP contribution in [-0.4, -0.2) is 347 Å². The number of ether oxygens (including phenoxy) is 24. The van der Waals surface area contributed by atoms with Gasteiger partial charge in [0.1, 0.15) is 0 Å². The lowest BCUT2D eigenvalue weighted by atomic mass is 10.6. The van der Waals surface area contributed by atoms with Crippen LogP contribution in [0.15, 0.2) is 0 Å². The maximum absolute atomic E-state index is 6.27. The van der Waals surface area contributed by atoms with E-state index in [-0.39, 0.29) is 19.8 Å². The average molecular weight is 1210 g/mol. The molecule has 0 amide bonds. The smallest absolute Gasteiger partial charge is 0.382 e. The predicted octanol–water partition coefficient (Wildman–Crippen LogP) is 1.28. The van der Waals surface area contributed by atoms with Gasteiger partial charge in [-0.15, -0.1) is 0 Å². The standard InChI is InChI=1S/C53H110O27Si/c1-5-81(78-51-48-75-45-42-72-39-36-69-33-30-66-27-24-63-21-18-60-15-12-57-9-6-54-2,79-52-49-76-46-43-73-40-37-70-34-31-67-28-25-64-22-19-61-16-13-58-10-7-55-3)80-53-50-77-47-44-74-41-38-71-35-32-68-29-26-65-23-20-62-17-14-59-11-8-56-4/h5-53H2,1-4H3. The topological polar surface area (TPSA) is 249 Å². The van der Waals surface area contributed by atoms with Gasteiger partial charge in [-0.1, -0.05) is 6.92 Å². The Morgan fingerprint density at radius 2 is 0.247 bits per heavy atom. The van der Waals surface area contributed by atoms with Gasteiger partial charge in [-0.05, 0) is 0 Å². The first kappa shape index (κ1) is 80.1. The monoisotopic (exact) mass is 1210 g/mol. The van der Waals surface area contributed by atoms with E-state index in [0.717, 1.165) is 0 Å². The second-order valence-corrected chi connectivity index (χ2v) is 19.4. The third-order valence-corrected chi connectivity index (χ3v) is 12.9. The molecule has 0 aliphatic heterocycles. The van der Waals surface area contributed by atoms with E-state index in [4.69, 9.17) is 127 Å². The Labute approximate surface area is 486 Å². The molecule has 0 aliphatic carbocycles. The van der Waals surface area contributed by atoms with E-state index >= 15 is 0 Å². The molecule has 0 aliphatic rings. The van der Waals surface area contributed by atoms with Crippen LogP contribution < -0.4 is 0 Å². The molecule has 0 atom stereocenters. The van der Waals surface area contributed by atoms with E-state index in [1.165, 1.54) is 0 Å². The molecule has 488 valence electrons. The molecule has 81 heavy (non-hydrogen) atoms. The lowest BCUT2D eigenvalue weighted by Crippen LogP contribution is -2.47. The summed E-state index contributed by atoms with van der Waals surface area (Å²) in [6, 6.07) is 0.548. The van der Waals surface area contributed by atoms with Gasteiger partial charge in [0.2, 0.25) is 0 Å². The van der Waals surface area contributed by atoms with Crippen LogP contribution in [0.5, 0.6) is 0 Å². The summed E-state index contributed by atoms with van der Waals surface area (Å²) in [5.41, 5.74) is 0. The fraction of sp³-hybridized carbons (Fsp3) is 1.00. The highest BCUT2D eigenvalue weighted by molar-refractivity contribution is 6.60. The highest BCUT2D eigenvalue weighted by Crippen LogP contribution is 2.15. The van der Waals surface area contributed by atoms with E-state index in [9.17, 15) is 0 Å². The number of hydrogen-bond acceptors (Lipinski definition) is 27. The number of rotatable bonds is 76.